The minimum absolute atomic E-state index is 0.488. The van der Waals surface area contributed by atoms with Crippen molar-refractivity contribution >= 4 is 0 Å². The average Bonchev–Trinajstić information content (AvgIpc) is 2.25. The Morgan fingerprint density at radius 2 is 2.21 bits per heavy atom. The van der Waals surface area contributed by atoms with Crippen molar-refractivity contribution in [3.8, 4) is 0 Å². The molecule has 0 saturated carbocycles. The van der Waals surface area contributed by atoms with E-state index < -0.39 is 0 Å². The summed E-state index contributed by atoms with van der Waals surface area (Å²) >= 11 is 0. The SMILES string of the molecule is C=C/C=C\C1=C(NC)CCCC1NC. The molecule has 78 valence electrons. The number of hydrogen-bond acceptors (Lipinski definition) is 2. The molecule has 0 fully saturated rings. The zero-order valence-corrected chi connectivity index (χ0v) is 9.14. The molecular weight excluding hydrogens is 172 g/mol. The van der Waals surface area contributed by atoms with Gasteiger partial charge in [0.15, 0.2) is 0 Å². The average molecular weight is 192 g/mol. The van der Waals surface area contributed by atoms with Gasteiger partial charge in [-0.1, -0.05) is 24.8 Å². The second kappa shape index (κ2) is 5.66. The van der Waals surface area contributed by atoms with E-state index in [-0.39, 0.29) is 0 Å². The summed E-state index contributed by atoms with van der Waals surface area (Å²) in [6.07, 6.45) is 9.61. The quantitative estimate of drug-likeness (QED) is 0.665. The Balaban J connectivity index is 2.90. The molecule has 0 amide bonds. The van der Waals surface area contributed by atoms with Crippen LogP contribution in [0.5, 0.6) is 0 Å². The normalized spacial score (nSPS) is 22.9. The molecule has 0 heterocycles. The summed E-state index contributed by atoms with van der Waals surface area (Å²) in [6.45, 7) is 3.70. The Bertz CT molecular complexity index is 251. The summed E-state index contributed by atoms with van der Waals surface area (Å²) in [7, 11) is 4.01. The lowest BCUT2D eigenvalue weighted by Gasteiger charge is -2.26. The second-order valence-corrected chi connectivity index (χ2v) is 3.51. The molecule has 2 nitrogen and oxygen atoms in total. The minimum atomic E-state index is 0.488. The van der Waals surface area contributed by atoms with E-state index in [2.05, 4.69) is 23.3 Å². The first-order valence-electron chi connectivity index (χ1n) is 5.20. The maximum Gasteiger partial charge on any atom is 0.0334 e. The van der Waals surface area contributed by atoms with Gasteiger partial charge >= 0.3 is 0 Å². The van der Waals surface area contributed by atoms with E-state index in [9.17, 15) is 0 Å². The highest BCUT2D eigenvalue weighted by atomic mass is 14.9. The van der Waals surface area contributed by atoms with Crippen LogP contribution in [0.1, 0.15) is 19.3 Å². The number of rotatable bonds is 4. The van der Waals surface area contributed by atoms with E-state index in [1.54, 1.807) is 0 Å². The van der Waals surface area contributed by atoms with Crippen LogP contribution in [0.3, 0.4) is 0 Å². The lowest BCUT2D eigenvalue weighted by molar-refractivity contribution is 0.522. The highest BCUT2D eigenvalue weighted by molar-refractivity contribution is 5.33. The van der Waals surface area contributed by atoms with Crippen molar-refractivity contribution in [3.63, 3.8) is 0 Å². The minimum Gasteiger partial charge on any atom is -0.391 e. The van der Waals surface area contributed by atoms with Crippen LogP contribution in [-0.2, 0) is 0 Å². The summed E-state index contributed by atoms with van der Waals surface area (Å²) in [5, 5.41) is 6.63. The first-order valence-corrected chi connectivity index (χ1v) is 5.20. The Labute approximate surface area is 86.8 Å². The van der Waals surface area contributed by atoms with Crippen molar-refractivity contribution in [1.82, 2.24) is 10.6 Å². The molecule has 2 N–H and O–H groups in total. The summed E-state index contributed by atoms with van der Waals surface area (Å²) in [4.78, 5) is 0. The van der Waals surface area contributed by atoms with Crippen LogP contribution in [0.4, 0.5) is 0 Å². The van der Waals surface area contributed by atoms with Gasteiger partial charge in [0.1, 0.15) is 0 Å². The Morgan fingerprint density at radius 1 is 1.43 bits per heavy atom. The van der Waals surface area contributed by atoms with Crippen LogP contribution in [0, 0.1) is 0 Å². The fourth-order valence-electron chi connectivity index (χ4n) is 1.95. The monoisotopic (exact) mass is 192 g/mol. The molecule has 0 aromatic rings. The third-order valence-electron chi connectivity index (χ3n) is 2.71. The second-order valence-electron chi connectivity index (χ2n) is 3.51. The van der Waals surface area contributed by atoms with Gasteiger partial charge in [-0.05, 0) is 31.9 Å². The van der Waals surface area contributed by atoms with Crippen molar-refractivity contribution in [2.24, 2.45) is 0 Å². The highest BCUT2D eigenvalue weighted by Gasteiger charge is 2.18. The fourth-order valence-corrected chi connectivity index (χ4v) is 1.95. The molecule has 1 atom stereocenters. The number of allylic oxidation sites excluding steroid dienone is 3. The zero-order chi connectivity index (χ0) is 10.4. The summed E-state index contributed by atoms with van der Waals surface area (Å²) in [5.74, 6) is 0. The van der Waals surface area contributed by atoms with Crippen LogP contribution in [0.15, 0.2) is 36.1 Å². The van der Waals surface area contributed by atoms with Gasteiger partial charge < -0.3 is 10.6 Å². The molecule has 1 aliphatic rings. The first-order chi connectivity index (χ1) is 6.83. The van der Waals surface area contributed by atoms with Crippen LogP contribution in [-0.4, -0.2) is 20.1 Å². The molecule has 0 saturated heterocycles. The van der Waals surface area contributed by atoms with Crippen LogP contribution < -0.4 is 10.6 Å². The van der Waals surface area contributed by atoms with E-state index in [1.807, 2.05) is 26.2 Å². The van der Waals surface area contributed by atoms with Crippen LogP contribution in [0.2, 0.25) is 0 Å². The predicted octanol–water partition coefficient (Wildman–Crippen LogP) is 1.97. The van der Waals surface area contributed by atoms with Crippen LogP contribution in [0.25, 0.3) is 0 Å². The van der Waals surface area contributed by atoms with Gasteiger partial charge in [-0.15, -0.1) is 0 Å². The molecule has 0 aromatic heterocycles. The number of hydrogen-bond donors (Lipinski definition) is 2. The molecule has 0 radical (unpaired) electrons. The van der Waals surface area contributed by atoms with E-state index in [0.717, 1.165) is 6.42 Å². The van der Waals surface area contributed by atoms with E-state index in [0.29, 0.717) is 6.04 Å². The van der Waals surface area contributed by atoms with Crippen molar-refractivity contribution in [1.29, 1.82) is 0 Å². The van der Waals surface area contributed by atoms with Crippen molar-refractivity contribution < 1.29 is 0 Å². The summed E-state index contributed by atoms with van der Waals surface area (Å²) in [5.41, 5.74) is 2.73. The van der Waals surface area contributed by atoms with Gasteiger partial charge in [-0.2, -0.15) is 0 Å². The summed E-state index contributed by atoms with van der Waals surface area (Å²) in [6, 6.07) is 0.488. The van der Waals surface area contributed by atoms with E-state index >= 15 is 0 Å². The molecule has 0 bridgehead atoms. The first kappa shape index (κ1) is 11.1. The third kappa shape index (κ3) is 2.48. The topological polar surface area (TPSA) is 24.1 Å². The van der Waals surface area contributed by atoms with Crippen LogP contribution >= 0.6 is 0 Å². The molecule has 14 heavy (non-hydrogen) atoms. The van der Waals surface area contributed by atoms with Gasteiger partial charge in [0.2, 0.25) is 0 Å². The lowest BCUT2D eigenvalue weighted by atomic mass is 9.91. The highest BCUT2D eigenvalue weighted by Crippen LogP contribution is 2.24. The van der Waals surface area contributed by atoms with E-state index in [4.69, 9.17) is 0 Å². The molecule has 1 aliphatic carbocycles. The van der Waals surface area contributed by atoms with Gasteiger partial charge in [-0.3, -0.25) is 0 Å². The fraction of sp³-hybridized carbons (Fsp3) is 0.500. The third-order valence-corrected chi connectivity index (χ3v) is 2.71. The molecule has 2 heteroatoms. The molecule has 0 aliphatic heterocycles. The Hall–Kier alpha value is -1.02. The maximum atomic E-state index is 3.70. The standard InChI is InChI=1S/C12H20N2/c1-4-5-7-10-11(13-2)8-6-9-12(10)14-3/h4-5,7,11,13-14H,1,6,8-9H2,2-3H3/b7-5-. The van der Waals surface area contributed by atoms with Gasteiger partial charge in [0.05, 0.1) is 0 Å². The van der Waals surface area contributed by atoms with Gasteiger partial charge in [0.25, 0.3) is 0 Å². The van der Waals surface area contributed by atoms with E-state index in [1.165, 1.54) is 24.1 Å². The smallest absolute Gasteiger partial charge is 0.0334 e. The number of likely N-dealkylation sites (N-methyl/N-ethyl adjacent to an activating group) is 1. The number of nitrogens with one attached hydrogen (secondary N) is 2. The maximum absolute atomic E-state index is 3.70. The van der Waals surface area contributed by atoms with Crippen molar-refractivity contribution in [2.45, 2.75) is 25.3 Å². The molecule has 0 spiro atoms. The summed E-state index contributed by atoms with van der Waals surface area (Å²) < 4.78 is 0. The largest absolute Gasteiger partial charge is 0.391 e. The van der Waals surface area contributed by atoms with Crippen molar-refractivity contribution in [2.75, 3.05) is 14.1 Å². The lowest BCUT2D eigenvalue weighted by Crippen LogP contribution is -2.32. The Kier molecular flexibility index (Phi) is 4.47. The molecular formula is C12H20N2. The molecule has 1 unspecified atom stereocenters. The van der Waals surface area contributed by atoms with Crippen molar-refractivity contribution in [3.05, 3.63) is 36.1 Å². The predicted molar refractivity (Wildman–Crippen MR) is 62.1 cm³/mol. The Morgan fingerprint density at radius 3 is 2.79 bits per heavy atom. The van der Waals surface area contributed by atoms with Gasteiger partial charge in [0, 0.05) is 18.8 Å². The van der Waals surface area contributed by atoms with Gasteiger partial charge in [-0.25, -0.2) is 0 Å². The zero-order valence-electron chi connectivity index (χ0n) is 9.14. The molecule has 1 rings (SSSR count). The molecule has 0 aromatic carbocycles.